The Morgan fingerprint density at radius 2 is 2.35 bits per heavy atom. The van der Waals surface area contributed by atoms with E-state index in [0.717, 1.165) is 12.8 Å². The van der Waals surface area contributed by atoms with Crippen LogP contribution in [0.25, 0.3) is 6.08 Å². The van der Waals surface area contributed by atoms with Gasteiger partial charge in [0.25, 0.3) is 0 Å². The molecule has 17 heavy (non-hydrogen) atoms. The lowest BCUT2D eigenvalue weighted by Gasteiger charge is -1.99. The number of unbranched alkanes of at least 4 members (excludes halogenated alkanes) is 1. The molecule has 0 N–H and O–H groups in total. The van der Waals surface area contributed by atoms with Gasteiger partial charge in [-0.15, -0.1) is 0 Å². The zero-order valence-electron chi connectivity index (χ0n) is 9.45. The fourth-order valence-electron chi connectivity index (χ4n) is 1.06. The molecule has 5 heteroatoms. The third-order valence-electron chi connectivity index (χ3n) is 1.96. The van der Waals surface area contributed by atoms with Crippen LogP contribution in [0, 0.1) is 5.82 Å². The summed E-state index contributed by atoms with van der Waals surface area (Å²) < 4.78 is 18.6. The van der Waals surface area contributed by atoms with Crippen LogP contribution >= 0.6 is 15.9 Å². The molecule has 1 aromatic heterocycles. The zero-order valence-corrected chi connectivity index (χ0v) is 11.0. The second kappa shape index (κ2) is 7.17. The Kier molecular flexibility index (Phi) is 5.83. The Balaban J connectivity index is 2.57. The summed E-state index contributed by atoms with van der Waals surface area (Å²) in [5.41, 5.74) is 0.104. The van der Waals surface area contributed by atoms with Gasteiger partial charge in [-0.2, -0.15) is 0 Å². The average Bonchev–Trinajstić information content (AvgIpc) is 2.31. The van der Waals surface area contributed by atoms with Crippen LogP contribution in [0.3, 0.4) is 0 Å². The monoisotopic (exact) mass is 301 g/mol. The van der Waals surface area contributed by atoms with Crippen LogP contribution in [0.15, 0.2) is 22.8 Å². The van der Waals surface area contributed by atoms with Gasteiger partial charge in [0.15, 0.2) is 0 Å². The zero-order chi connectivity index (χ0) is 12.7. The third-order valence-corrected chi connectivity index (χ3v) is 2.40. The topological polar surface area (TPSA) is 39.2 Å². The standard InChI is InChI=1S/C12H13BrFNO2/c1-2-3-8-17-12(16)7-5-10-9(14)4-6-11(13)15-10/h4-7H,2-3,8H2,1H3/b7-5+. The number of carbonyl (C=O) groups is 1. The second-order valence-electron chi connectivity index (χ2n) is 3.36. The summed E-state index contributed by atoms with van der Waals surface area (Å²) in [6.07, 6.45) is 4.25. The van der Waals surface area contributed by atoms with Gasteiger partial charge < -0.3 is 4.74 Å². The Morgan fingerprint density at radius 1 is 1.59 bits per heavy atom. The minimum Gasteiger partial charge on any atom is -0.463 e. The fourth-order valence-corrected chi connectivity index (χ4v) is 1.39. The number of halogens is 2. The molecule has 3 nitrogen and oxygen atoms in total. The molecule has 1 rings (SSSR count). The molecule has 1 heterocycles. The highest BCUT2D eigenvalue weighted by Crippen LogP contribution is 2.12. The van der Waals surface area contributed by atoms with Gasteiger partial charge in [0, 0.05) is 6.08 Å². The van der Waals surface area contributed by atoms with E-state index in [4.69, 9.17) is 4.74 Å². The predicted molar refractivity (Wildman–Crippen MR) is 66.8 cm³/mol. The quantitative estimate of drug-likeness (QED) is 0.362. The molecule has 0 aliphatic rings. The molecule has 0 radical (unpaired) electrons. The van der Waals surface area contributed by atoms with Crippen LogP contribution < -0.4 is 0 Å². The summed E-state index contributed by atoms with van der Waals surface area (Å²) in [6.45, 7) is 2.39. The van der Waals surface area contributed by atoms with E-state index >= 15 is 0 Å². The first-order valence-corrected chi connectivity index (χ1v) is 6.09. The molecule has 0 atom stereocenters. The van der Waals surface area contributed by atoms with Gasteiger partial charge in [-0.3, -0.25) is 0 Å². The van der Waals surface area contributed by atoms with Crippen molar-refractivity contribution in [2.24, 2.45) is 0 Å². The van der Waals surface area contributed by atoms with Crippen molar-refractivity contribution in [3.05, 3.63) is 34.3 Å². The first kappa shape index (κ1) is 13.8. The van der Waals surface area contributed by atoms with E-state index in [2.05, 4.69) is 20.9 Å². The molecule has 0 spiro atoms. The summed E-state index contributed by atoms with van der Waals surface area (Å²) in [5, 5.41) is 0. The van der Waals surface area contributed by atoms with Gasteiger partial charge in [-0.25, -0.2) is 14.2 Å². The second-order valence-corrected chi connectivity index (χ2v) is 4.17. The van der Waals surface area contributed by atoms with Crippen LogP contribution in [0.1, 0.15) is 25.5 Å². The number of aromatic nitrogens is 1. The summed E-state index contributed by atoms with van der Waals surface area (Å²) in [6, 6.07) is 2.77. The largest absolute Gasteiger partial charge is 0.463 e. The highest BCUT2D eigenvalue weighted by Gasteiger charge is 2.02. The molecule has 0 aliphatic carbocycles. The molecule has 1 aromatic rings. The average molecular weight is 302 g/mol. The highest BCUT2D eigenvalue weighted by atomic mass is 79.9. The number of ether oxygens (including phenoxy) is 1. The summed E-state index contributed by atoms with van der Waals surface area (Å²) in [7, 11) is 0. The number of rotatable bonds is 5. The fraction of sp³-hybridized carbons (Fsp3) is 0.333. The van der Waals surface area contributed by atoms with Crippen LogP contribution in [0.2, 0.25) is 0 Å². The van der Waals surface area contributed by atoms with E-state index in [0.29, 0.717) is 11.2 Å². The van der Waals surface area contributed by atoms with E-state index in [1.165, 1.54) is 24.3 Å². The molecule has 0 saturated heterocycles. The highest BCUT2D eigenvalue weighted by molar-refractivity contribution is 9.10. The number of esters is 1. The van der Waals surface area contributed by atoms with Crippen molar-refractivity contribution < 1.29 is 13.9 Å². The van der Waals surface area contributed by atoms with Gasteiger partial charge in [0.2, 0.25) is 0 Å². The Hall–Kier alpha value is -1.23. The number of pyridine rings is 1. The van der Waals surface area contributed by atoms with E-state index in [-0.39, 0.29) is 5.69 Å². The minimum absolute atomic E-state index is 0.104. The number of hydrogen-bond acceptors (Lipinski definition) is 3. The van der Waals surface area contributed by atoms with E-state index in [9.17, 15) is 9.18 Å². The van der Waals surface area contributed by atoms with Crippen molar-refractivity contribution in [2.45, 2.75) is 19.8 Å². The van der Waals surface area contributed by atoms with Crippen LogP contribution in [-0.2, 0) is 9.53 Å². The molecule has 0 aliphatic heterocycles. The van der Waals surface area contributed by atoms with Gasteiger partial charge in [0.1, 0.15) is 16.1 Å². The van der Waals surface area contributed by atoms with Crippen LogP contribution in [-0.4, -0.2) is 17.6 Å². The number of hydrogen-bond donors (Lipinski definition) is 0. The molecule has 0 unspecified atom stereocenters. The van der Waals surface area contributed by atoms with Crippen molar-refractivity contribution in [3.8, 4) is 0 Å². The normalized spacial score (nSPS) is 10.8. The van der Waals surface area contributed by atoms with Gasteiger partial charge in [-0.1, -0.05) is 13.3 Å². The molecule has 0 amide bonds. The number of nitrogens with zero attached hydrogens (tertiary/aromatic N) is 1. The van der Waals surface area contributed by atoms with Crippen molar-refractivity contribution in [1.29, 1.82) is 0 Å². The number of carbonyl (C=O) groups excluding carboxylic acids is 1. The summed E-state index contributed by atoms with van der Waals surface area (Å²) in [4.78, 5) is 15.1. The van der Waals surface area contributed by atoms with Gasteiger partial charge in [-0.05, 0) is 40.6 Å². The Labute approximate surface area is 108 Å². The Bertz CT molecular complexity index is 421. The van der Waals surface area contributed by atoms with Crippen molar-refractivity contribution in [1.82, 2.24) is 4.98 Å². The van der Waals surface area contributed by atoms with Gasteiger partial charge in [0.05, 0.1) is 6.61 Å². The molecule has 0 saturated carbocycles. The molecular formula is C12H13BrFNO2. The predicted octanol–water partition coefficient (Wildman–Crippen LogP) is 3.34. The van der Waals surface area contributed by atoms with Crippen molar-refractivity contribution in [3.63, 3.8) is 0 Å². The lowest BCUT2D eigenvalue weighted by molar-refractivity contribution is -0.137. The van der Waals surface area contributed by atoms with Gasteiger partial charge >= 0.3 is 5.97 Å². The molecule has 0 aromatic carbocycles. The maximum Gasteiger partial charge on any atom is 0.330 e. The first-order valence-electron chi connectivity index (χ1n) is 5.30. The van der Waals surface area contributed by atoms with E-state index in [1.54, 1.807) is 0 Å². The molecule has 0 bridgehead atoms. The summed E-state index contributed by atoms with van der Waals surface area (Å²) >= 11 is 3.13. The van der Waals surface area contributed by atoms with E-state index < -0.39 is 11.8 Å². The summed E-state index contributed by atoms with van der Waals surface area (Å²) in [5.74, 6) is -0.967. The smallest absolute Gasteiger partial charge is 0.330 e. The van der Waals surface area contributed by atoms with Crippen molar-refractivity contribution >= 4 is 28.0 Å². The lowest BCUT2D eigenvalue weighted by Crippen LogP contribution is -2.02. The van der Waals surface area contributed by atoms with Crippen molar-refractivity contribution in [2.75, 3.05) is 6.61 Å². The maximum absolute atomic E-state index is 13.2. The maximum atomic E-state index is 13.2. The SMILES string of the molecule is CCCCOC(=O)/C=C/c1nc(Br)ccc1F. The Morgan fingerprint density at radius 3 is 3.06 bits per heavy atom. The van der Waals surface area contributed by atoms with Crippen LogP contribution in [0.5, 0.6) is 0 Å². The first-order chi connectivity index (χ1) is 8.13. The lowest BCUT2D eigenvalue weighted by atomic mass is 10.3. The molecule has 92 valence electrons. The van der Waals surface area contributed by atoms with E-state index in [1.807, 2.05) is 6.92 Å². The molecular weight excluding hydrogens is 289 g/mol. The third kappa shape index (κ3) is 5.08. The minimum atomic E-state index is -0.486. The molecule has 0 fully saturated rings. The van der Waals surface area contributed by atoms with Crippen LogP contribution in [0.4, 0.5) is 4.39 Å².